The zero-order valence-corrected chi connectivity index (χ0v) is 19.4. The Morgan fingerprint density at radius 3 is 2.59 bits per heavy atom. The standard InChI is InChI=1S/C24H24ClN3O3S/c1-14(16-5-9-18(31-2)10-6-16)27-23(29)19-12-28(11-15-3-7-17(25)8-4-15)24(30)21-20(26)13-32-22(19)21/h3-10,12,14,20H,11,13,26H2,1-2H3,(H,27,29)/t14?,20-/m0/s1. The first-order valence-corrected chi connectivity index (χ1v) is 11.6. The predicted molar refractivity (Wildman–Crippen MR) is 128 cm³/mol. The molecule has 1 amide bonds. The number of rotatable bonds is 6. The molecule has 3 N–H and O–H groups in total. The average molecular weight is 470 g/mol. The van der Waals surface area contributed by atoms with Crippen LogP contribution in [0, 0.1) is 0 Å². The molecule has 0 aliphatic carbocycles. The lowest BCUT2D eigenvalue weighted by atomic mass is 10.1. The van der Waals surface area contributed by atoms with Crippen molar-refractivity contribution in [3.63, 3.8) is 0 Å². The smallest absolute Gasteiger partial charge is 0.256 e. The van der Waals surface area contributed by atoms with Gasteiger partial charge in [-0.2, -0.15) is 0 Å². The Kier molecular flexibility index (Phi) is 6.60. The molecular weight excluding hydrogens is 446 g/mol. The minimum Gasteiger partial charge on any atom is -0.497 e. The molecule has 0 radical (unpaired) electrons. The quantitative estimate of drug-likeness (QED) is 0.566. The van der Waals surface area contributed by atoms with E-state index in [1.54, 1.807) is 30.0 Å². The van der Waals surface area contributed by atoms with Crippen LogP contribution in [0.5, 0.6) is 5.75 Å². The van der Waals surface area contributed by atoms with E-state index in [0.717, 1.165) is 16.9 Å². The molecule has 1 aromatic heterocycles. The number of hydrogen-bond acceptors (Lipinski definition) is 5. The Morgan fingerprint density at radius 1 is 1.25 bits per heavy atom. The largest absolute Gasteiger partial charge is 0.497 e. The molecule has 2 heterocycles. The van der Waals surface area contributed by atoms with E-state index in [1.165, 1.54) is 11.8 Å². The van der Waals surface area contributed by atoms with Crippen molar-refractivity contribution in [2.75, 3.05) is 12.9 Å². The van der Waals surface area contributed by atoms with Crippen LogP contribution in [0.25, 0.3) is 0 Å². The molecule has 6 nitrogen and oxygen atoms in total. The van der Waals surface area contributed by atoms with Gasteiger partial charge in [0.05, 0.1) is 25.3 Å². The summed E-state index contributed by atoms with van der Waals surface area (Å²) in [6.45, 7) is 2.25. The highest BCUT2D eigenvalue weighted by Gasteiger charge is 2.30. The minimum atomic E-state index is -0.397. The molecule has 0 spiro atoms. The van der Waals surface area contributed by atoms with E-state index >= 15 is 0 Å². The van der Waals surface area contributed by atoms with Gasteiger partial charge in [-0.15, -0.1) is 11.8 Å². The average Bonchev–Trinajstić information content (AvgIpc) is 3.18. The maximum atomic E-state index is 13.3. The number of ether oxygens (including phenoxy) is 1. The number of hydrogen-bond donors (Lipinski definition) is 2. The molecule has 8 heteroatoms. The van der Waals surface area contributed by atoms with Gasteiger partial charge in [-0.1, -0.05) is 35.9 Å². The van der Waals surface area contributed by atoms with Gasteiger partial charge in [0.15, 0.2) is 0 Å². The Hall–Kier alpha value is -2.74. The number of pyridine rings is 1. The summed E-state index contributed by atoms with van der Waals surface area (Å²) in [6, 6.07) is 14.2. The molecule has 3 aromatic rings. The van der Waals surface area contributed by atoms with Gasteiger partial charge in [0.25, 0.3) is 11.5 Å². The summed E-state index contributed by atoms with van der Waals surface area (Å²) in [4.78, 5) is 27.1. The molecule has 2 atom stereocenters. The second-order valence-electron chi connectivity index (χ2n) is 7.73. The second-order valence-corrected chi connectivity index (χ2v) is 9.20. The summed E-state index contributed by atoms with van der Waals surface area (Å²) in [6.07, 6.45) is 1.64. The first-order valence-electron chi connectivity index (χ1n) is 10.2. The maximum absolute atomic E-state index is 13.3. The van der Waals surface area contributed by atoms with E-state index in [4.69, 9.17) is 22.1 Å². The van der Waals surface area contributed by atoms with Crippen molar-refractivity contribution in [3.8, 4) is 5.75 Å². The Labute approximate surface area is 195 Å². The third-order valence-corrected chi connectivity index (χ3v) is 7.02. The van der Waals surface area contributed by atoms with Crippen LogP contribution in [0.1, 0.15) is 46.1 Å². The van der Waals surface area contributed by atoms with Crippen LogP contribution in [-0.4, -0.2) is 23.3 Å². The molecule has 0 bridgehead atoms. The second kappa shape index (κ2) is 9.40. The lowest BCUT2D eigenvalue weighted by Gasteiger charge is -2.18. The van der Waals surface area contributed by atoms with Gasteiger partial charge in [-0.05, 0) is 42.3 Å². The summed E-state index contributed by atoms with van der Waals surface area (Å²) in [5.41, 5.74) is 8.90. The third kappa shape index (κ3) is 4.55. The van der Waals surface area contributed by atoms with Crippen molar-refractivity contribution < 1.29 is 9.53 Å². The topological polar surface area (TPSA) is 86.3 Å². The normalized spacial score (nSPS) is 15.8. The number of carbonyl (C=O) groups excluding carboxylic acids is 1. The molecule has 166 valence electrons. The molecule has 32 heavy (non-hydrogen) atoms. The number of nitrogens with one attached hydrogen (secondary N) is 1. The number of carbonyl (C=O) groups is 1. The first kappa shape index (κ1) is 22.5. The molecule has 0 fully saturated rings. The summed E-state index contributed by atoms with van der Waals surface area (Å²) in [5.74, 6) is 1.09. The number of aromatic nitrogens is 1. The lowest BCUT2D eigenvalue weighted by molar-refractivity contribution is 0.0936. The third-order valence-electron chi connectivity index (χ3n) is 5.52. The van der Waals surface area contributed by atoms with Crippen LogP contribution in [0.4, 0.5) is 0 Å². The number of amides is 1. The highest BCUT2D eigenvalue weighted by molar-refractivity contribution is 7.99. The van der Waals surface area contributed by atoms with E-state index in [-0.39, 0.29) is 17.5 Å². The highest BCUT2D eigenvalue weighted by Crippen LogP contribution is 2.37. The van der Waals surface area contributed by atoms with Crippen LogP contribution in [0.2, 0.25) is 5.02 Å². The van der Waals surface area contributed by atoms with Gasteiger partial charge >= 0.3 is 0 Å². The van der Waals surface area contributed by atoms with Crippen LogP contribution >= 0.6 is 23.4 Å². The Balaban J connectivity index is 1.65. The molecule has 1 aliphatic heterocycles. The predicted octanol–water partition coefficient (Wildman–Crippen LogP) is 4.16. The molecule has 2 aromatic carbocycles. The molecule has 1 aliphatic rings. The van der Waals surface area contributed by atoms with Gasteiger partial charge in [-0.3, -0.25) is 9.59 Å². The summed E-state index contributed by atoms with van der Waals surface area (Å²) in [7, 11) is 1.61. The van der Waals surface area contributed by atoms with Crippen LogP contribution in [0.3, 0.4) is 0 Å². The number of benzene rings is 2. The fourth-order valence-corrected chi connectivity index (χ4v) is 5.06. The van der Waals surface area contributed by atoms with Crippen molar-refractivity contribution >= 4 is 29.3 Å². The van der Waals surface area contributed by atoms with E-state index in [0.29, 0.717) is 33.3 Å². The molecule has 1 unspecified atom stereocenters. The van der Waals surface area contributed by atoms with Crippen molar-refractivity contribution in [3.05, 3.63) is 92.4 Å². The van der Waals surface area contributed by atoms with Crippen molar-refractivity contribution in [2.24, 2.45) is 5.73 Å². The summed E-state index contributed by atoms with van der Waals surface area (Å²) < 4.78 is 6.75. The maximum Gasteiger partial charge on any atom is 0.256 e. The first-order chi connectivity index (χ1) is 15.4. The van der Waals surface area contributed by atoms with Crippen molar-refractivity contribution in [1.29, 1.82) is 0 Å². The van der Waals surface area contributed by atoms with E-state index in [1.807, 2.05) is 43.3 Å². The van der Waals surface area contributed by atoms with Crippen LogP contribution in [0.15, 0.2) is 64.4 Å². The van der Waals surface area contributed by atoms with Gasteiger partial charge in [-0.25, -0.2) is 0 Å². The molecule has 0 saturated heterocycles. The minimum absolute atomic E-state index is 0.160. The summed E-state index contributed by atoms with van der Waals surface area (Å²) >= 11 is 7.43. The highest BCUT2D eigenvalue weighted by atomic mass is 35.5. The fourth-order valence-electron chi connectivity index (χ4n) is 3.72. The van der Waals surface area contributed by atoms with E-state index in [9.17, 15) is 9.59 Å². The number of thioether (sulfide) groups is 1. The Morgan fingerprint density at radius 2 is 1.94 bits per heavy atom. The fraction of sp³-hybridized carbons (Fsp3) is 0.250. The zero-order chi connectivity index (χ0) is 22.8. The number of nitrogens with zero attached hydrogens (tertiary/aromatic N) is 1. The van der Waals surface area contributed by atoms with E-state index < -0.39 is 6.04 Å². The van der Waals surface area contributed by atoms with Gasteiger partial charge < -0.3 is 20.4 Å². The zero-order valence-electron chi connectivity index (χ0n) is 17.8. The number of nitrogens with two attached hydrogens (primary N) is 1. The summed E-state index contributed by atoms with van der Waals surface area (Å²) in [5, 5.41) is 3.67. The molecular formula is C24H24ClN3O3S. The van der Waals surface area contributed by atoms with Crippen molar-refractivity contribution in [2.45, 2.75) is 30.4 Å². The van der Waals surface area contributed by atoms with Gasteiger partial charge in [0, 0.05) is 33.5 Å². The molecule has 0 saturated carbocycles. The monoisotopic (exact) mass is 469 g/mol. The molecule has 4 rings (SSSR count). The van der Waals surface area contributed by atoms with Crippen LogP contribution in [-0.2, 0) is 6.54 Å². The number of fused-ring (bicyclic) bond motifs is 1. The lowest BCUT2D eigenvalue weighted by Crippen LogP contribution is -2.32. The SMILES string of the molecule is COc1ccc(C(C)NC(=O)c2cn(Cc3ccc(Cl)cc3)c(=O)c3c2SC[C@@H]3N)cc1. The van der Waals surface area contributed by atoms with Crippen molar-refractivity contribution in [1.82, 2.24) is 9.88 Å². The van der Waals surface area contributed by atoms with E-state index in [2.05, 4.69) is 5.32 Å². The number of methoxy groups -OCH3 is 1. The Bertz CT molecular complexity index is 1190. The van der Waals surface area contributed by atoms with Gasteiger partial charge in [0.2, 0.25) is 0 Å². The van der Waals surface area contributed by atoms with Crippen LogP contribution < -0.4 is 21.3 Å². The van der Waals surface area contributed by atoms with Gasteiger partial charge in [0.1, 0.15) is 5.75 Å². The number of halogens is 1.